The second-order valence-electron chi connectivity index (χ2n) is 5.10. The molecule has 1 aliphatic rings. The van der Waals surface area contributed by atoms with E-state index < -0.39 is 10.0 Å². The van der Waals surface area contributed by atoms with E-state index in [2.05, 4.69) is 9.62 Å². The Labute approximate surface area is 120 Å². The molecule has 1 heterocycles. The van der Waals surface area contributed by atoms with Gasteiger partial charge in [-0.3, -0.25) is 0 Å². The minimum Gasteiger partial charge on any atom is -0.392 e. The smallest absolute Gasteiger partial charge is 0.240 e. The van der Waals surface area contributed by atoms with Crippen LogP contribution in [-0.2, 0) is 16.6 Å². The number of rotatable bonds is 6. The Morgan fingerprint density at radius 3 is 2.35 bits per heavy atom. The molecule has 1 aromatic rings. The Balaban J connectivity index is 1.86. The first-order chi connectivity index (χ1) is 9.62. The van der Waals surface area contributed by atoms with Crippen LogP contribution < -0.4 is 4.72 Å². The third-order valence-corrected chi connectivity index (χ3v) is 5.06. The molecule has 2 N–H and O–H groups in total. The molecule has 2 rings (SSSR count). The van der Waals surface area contributed by atoms with E-state index in [9.17, 15) is 8.42 Å². The highest BCUT2D eigenvalue weighted by molar-refractivity contribution is 7.89. The van der Waals surface area contributed by atoms with Gasteiger partial charge in [0, 0.05) is 13.1 Å². The van der Waals surface area contributed by atoms with Gasteiger partial charge >= 0.3 is 0 Å². The number of hydrogen-bond donors (Lipinski definition) is 2. The van der Waals surface area contributed by atoms with Crippen LogP contribution in [0.25, 0.3) is 0 Å². The Morgan fingerprint density at radius 1 is 1.10 bits per heavy atom. The van der Waals surface area contributed by atoms with Gasteiger partial charge in [0.25, 0.3) is 0 Å². The van der Waals surface area contributed by atoms with Crippen LogP contribution in [0.5, 0.6) is 0 Å². The summed E-state index contributed by atoms with van der Waals surface area (Å²) in [4.78, 5) is 2.54. The van der Waals surface area contributed by atoms with E-state index in [1.165, 1.54) is 31.4 Å². The SMILES string of the molecule is O=S(=O)(NCCN1CCCCC1)c1ccc(CO)cc1. The lowest BCUT2D eigenvalue weighted by Crippen LogP contribution is -2.37. The number of sulfonamides is 1. The van der Waals surface area contributed by atoms with E-state index in [4.69, 9.17) is 5.11 Å². The first-order valence-electron chi connectivity index (χ1n) is 7.03. The topological polar surface area (TPSA) is 69.6 Å². The highest BCUT2D eigenvalue weighted by Gasteiger charge is 2.15. The molecule has 0 saturated carbocycles. The van der Waals surface area contributed by atoms with Crippen LogP contribution in [-0.4, -0.2) is 44.6 Å². The van der Waals surface area contributed by atoms with Crippen LogP contribution in [0.4, 0.5) is 0 Å². The average molecular weight is 298 g/mol. The zero-order valence-corrected chi connectivity index (χ0v) is 12.4. The summed E-state index contributed by atoms with van der Waals surface area (Å²) in [6.07, 6.45) is 3.68. The van der Waals surface area contributed by atoms with Gasteiger partial charge in [-0.25, -0.2) is 13.1 Å². The average Bonchev–Trinajstić information content (AvgIpc) is 2.48. The molecule has 1 aliphatic heterocycles. The van der Waals surface area contributed by atoms with E-state index in [0.717, 1.165) is 19.6 Å². The third-order valence-electron chi connectivity index (χ3n) is 3.59. The van der Waals surface area contributed by atoms with Crippen molar-refractivity contribution in [3.8, 4) is 0 Å². The number of benzene rings is 1. The first-order valence-corrected chi connectivity index (χ1v) is 8.52. The van der Waals surface area contributed by atoms with E-state index in [-0.39, 0.29) is 11.5 Å². The molecule has 0 aromatic heterocycles. The number of hydrogen-bond acceptors (Lipinski definition) is 4. The van der Waals surface area contributed by atoms with Crippen LogP contribution >= 0.6 is 0 Å². The maximum atomic E-state index is 12.1. The van der Waals surface area contributed by atoms with Gasteiger partial charge in [0.2, 0.25) is 10.0 Å². The van der Waals surface area contributed by atoms with Gasteiger partial charge in [-0.05, 0) is 43.6 Å². The lowest BCUT2D eigenvalue weighted by Gasteiger charge is -2.26. The van der Waals surface area contributed by atoms with Gasteiger partial charge < -0.3 is 10.0 Å². The summed E-state index contributed by atoms with van der Waals surface area (Å²) in [7, 11) is -3.44. The maximum absolute atomic E-state index is 12.1. The summed E-state index contributed by atoms with van der Waals surface area (Å²) < 4.78 is 26.8. The predicted molar refractivity (Wildman–Crippen MR) is 77.8 cm³/mol. The molecule has 0 radical (unpaired) electrons. The van der Waals surface area contributed by atoms with Crippen molar-refractivity contribution < 1.29 is 13.5 Å². The van der Waals surface area contributed by atoms with Crippen LogP contribution in [0, 0.1) is 0 Å². The summed E-state index contributed by atoms with van der Waals surface area (Å²) in [6, 6.07) is 6.29. The molecule has 0 aliphatic carbocycles. The molecule has 5 nitrogen and oxygen atoms in total. The van der Waals surface area contributed by atoms with E-state index >= 15 is 0 Å². The second kappa shape index (κ2) is 7.17. The number of aliphatic hydroxyl groups is 1. The van der Waals surface area contributed by atoms with E-state index in [1.54, 1.807) is 12.1 Å². The molecule has 0 unspecified atom stereocenters. The Bertz CT molecular complexity index is 508. The van der Waals surface area contributed by atoms with Crippen molar-refractivity contribution >= 4 is 10.0 Å². The van der Waals surface area contributed by atoms with Crippen molar-refractivity contribution in [3.05, 3.63) is 29.8 Å². The van der Waals surface area contributed by atoms with Crippen LogP contribution in [0.15, 0.2) is 29.2 Å². The first kappa shape index (κ1) is 15.4. The maximum Gasteiger partial charge on any atom is 0.240 e. The molecule has 112 valence electrons. The van der Waals surface area contributed by atoms with Crippen molar-refractivity contribution in [2.24, 2.45) is 0 Å². The number of nitrogens with one attached hydrogen (secondary N) is 1. The van der Waals surface area contributed by atoms with Crippen molar-refractivity contribution in [2.75, 3.05) is 26.2 Å². The van der Waals surface area contributed by atoms with Gasteiger partial charge in [0.1, 0.15) is 0 Å². The molecule has 20 heavy (non-hydrogen) atoms. The minimum atomic E-state index is -3.44. The quantitative estimate of drug-likeness (QED) is 0.820. The van der Waals surface area contributed by atoms with Crippen molar-refractivity contribution in [1.29, 1.82) is 0 Å². The van der Waals surface area contributed by atoms with Gasteiger partial charge in [-0.1, -0.05) is 18.6 Å². The molecule has 1 saturated heterocycles. The van der Waals surface area contributed by atoms with Gasteiger partial charge in [0.05, 0.1) is 11.5 Å². The highest BCUT2D eigenvalue weighted by atomic mass is 32.2. The lowest BCUT2D eigenvalue weighted by molar-refractivity contribution is 0.233. The highest BCUT2D eigenvalue weighted by Crippen LogP contribution is 2.11. The molecule has 0 spiro atoms. The van der Waals surface area contributed by atoms with Gasteiger partial charge in [-0.2, -0.15) is 0 Å². The van der Waals surface area contributed by atoms with Crippen LogP contribution in [0.3, 0.4) is 0 Å². The monoisotopic (exact) mass is 298 g/mol. The molecule has 0 bridgehead atoms. The van der Waals surface area contributed by atoms with Gasteiger partial charge in [0.15, 0.2) is 0 Å². The lowest BCUT2D eigenvalue weighted by atomic mass is 10.1. The molecular formula is C14H22N2O3S. The number of nitrogens with zero attached hydrogens (tertiary/aromatic N) is 1. The summed E-state index contributed by atoms with van der Waals surface area (Å²) in [5, 5.41) is 8.95. The van der Waals surface area contributed by atoms with Crippen LogP contribution in [0.1, 0.15) is 24.8 Å². The molecule has 1 fully saturated rings. The van der Waals surface area contributed by atoms with E-state index in [0.29, 0.717) is 12.1 Å². The molecule has 0 amide bonds. The molecular weight excluding hydrogens is 276 g/mol. The van der Waals surface area contributed by atoms with Crippen LogP contribution in [0.2, 0.25) is 0 Å². The molecule has 6 heteroatoms. The summed E-state index contributed by atoms with van der Waals surface area (Å²) >= 11 is 0. The van der Waals surface area contributed by atoms with Crippen molar-refractivity contribution in [2.45, 2.75) is 30.8 Å². The fraction of sp³-hybridized carbons (Fsp3) is 0.571. The summed E-state index contributed by atoms with van der Waals surface area (Å²) in [5.74, 6) is 0. The zero-order valence-electron chi connectivity index (χ0n) is 11.6. The fourth-order valence-corrected chi connectivity index (χ4v) is 3.40. The van der Waals surface area contributed by atoms with Crippen molar-refractivity contribution in [3.63, 3.8) is 0 Å². The fourth-order valence-electron chi connectivity index (χ4n) is 2.38. The Kier molecular flexibility index (Phi) is 5.54. The number of likely N-dealkylation sites (tertiary alicyclic amines) is 1. The summed E-state index contributed by atoms with van der Waals surface area (Å²) in [6.45, 7) is 3.24. The minimum absolute atomic E-state index is 0.0806. The Hall–Kier alpha value is -0.950. The molecule has 0 atom stereocenters. The number of piperidine rings is 1. The predicted octanol–water partition coefficient (Wildman–Crippen LogP) is 0.943. The van der Waals surface area contributed by atoms with Crippen molar-refractivity contribution in [1.82, 2.24) is 9.62 Å². The van der Waals surface area contributed by atoms with E-state index in [1.807, 2.05) is 0 Å². The van der Waals surface area contributed by atoms with Gasteiger partial charge in [-0.15, -0.1) is 0 Å². The largest absolute Gasteiger partial charge is 0.392 e. The number of aliphatic hydroxyl groups excluding tert-OH is 1. The Morgan fingerprint density at radius 2 is 1.75 bits per heavy atom. The molecule has 1 aromatic carbocycles. The zero-order chi connectivity index (χ0) is 14.4. The normalized spacial score (nSPS) is 17.2. The standard InChI is InChI=1S/C14H22N2O3S/c17-12-13-4-6-14(7-5-13)20(18,19)15-8-11-16-9-2-1-3-10-16/h4-7,15,17H,1-3,8-12H2. The second-order valence-corrected chi connectivity index (χ2v) is 6.87. The summed E-state index contributed by atoms with van der Waals surface area (Å²) in [5.41, 5.74) is 0.706. The third kappa shape index (κ3) is 4.28.